The molecule has 1 amide bonds. The standard InChI is InChI=1S/C17H14F3N3O2S2/c1-2-23-15(25)14-12(7-8-26-14)22-16(23)27-9-13(24)21-11-5-3-10(4-6-11)17(18,19)20/h3-8H,2,9H2,1H3,(H,21,24). The Hall–Kier alpha value is -2.33. The molecule has 2 aromatic heterocycles. The van der Waals surface area contributed by atoms with Crippen LogP contribution in [0.2, 0.25) is 0 Å². The third-order valence-corrected chi connectivity index (χ3v) is 5.54. The quantitative estimate of drug-likeness (QED) is 0.502. The molecule has 0 unspecified atom stereocenters. The van der Waals surface area contributed by atoms with Crippen molar-refractivity contribution >= 4 is 44.9 Å². The Kier molecular flexibility index (Phi) is 5.56. The number of amides is 1. The van der Waals surface area contributed by atoms with Gasteiger partial charge < -0.3 is 5.32 Å². The van der Waals surface area contributed by atoms with E-state index in [9.17, 15) is 22.8 Å². The molecule has 5 nitrogen and oxygen atoms in total. The van der Waals surface area contributed by atoms with Crippen LogP contribution in [-0.4, -0.2) is 21.2 Å². The molecule has 0 aliphatic rings. The average Bonchev–Trinajstić information content (AvgIpc) is 3.08. The summed E-state index contributed by atoms with van der Waals surface area (Å²) >= 11 is 2.42. The smallest absolute Gasteiger partial charge is 0.325 e. The van der Waals surface area contributed by atoms with Crippen LogP contribution in [0.3, 0.4) is 0 Å². The largest absolute Gasteiger partial charge is 0.416 e. The maximum atomic E-state index is 12.6. The van der Waals surface area contributed by atoms with Gasteiger partial charge in [-0.25, -0.2) is 4.98 Å². The van der Waals surface area contributed by atoms with Crippen molar-refractivity contribution in [2.24, 2.45) is 0 Å². The Morgan fingerprint density at radius 1 is 1.26 bits per heavy atom. The van der Waals surface area contributed by atoms with Gasteiger partial charge in [0.15, 0.2) is 5.16 Å². The number of nitrogens with zero attached hydrogens (tertiary/aromatic N) is 2. The number of benzene rings is 1. The fraction of sp³-hybridized carbons (Fsp3) is 0.235. The summed E-state index contributed by atoms with van der Waals surface area (Å²) in [6, 6.07) is 5.95. The first kappa shape index (κ1) is 19.4. The Bertz CT molecular complexity index is 1030. The number of anilines is 1. The molecule has 3 rings (SSSR count). The summed E-state index contributed by atoms with van der Waals surface area (Å²) in [5.74, 6) is -0.426. The summed E-state index contributed by atoms with van der Waals surface area (Å²) in [6.07, 6.45) is -4.42. The van der Waals surface area contributed by atoms with Crippen LogP contribution in [0.1, 0.15) is 12.5 Å². The van der Waals surface area contributed by atoms with Gasteiger partial charge >= 0.3 is 6.18 Å². The number of rotatable bonds is 5. The van der Waals surface area contributed by atoms with Crippen LogP contribution < -0.4 is 10.9 Å². The predicted octanol–water partition coefficient (Wildman–Crippen LogP) is 4.23. The summed E-state index contributed by atoms with van der Waals surface area (Å²) in [4.78, 5) is 28.9. The second-order valence-corrected chi connectivity index (χ2v) is 7.35. The normalized spacial score (nSPS) is 11.7. The number of thioether (sulfide) groups is 1. The number of thiophene rings is 1. The van der Waals surface area contributed by atoms with Crippen molar-refractivity contribution in [1.29, 1.82) is 0 Å². The van der Waals surface area contributed by atoms with E-state index in [1.165, 1.54) is 28.0 Å². The topological polar surface area (TPSA) is 64.0 Å². The minimum atomic E-state index is -4.42. The van der Waals surface area contributed by atoms with Crippen molar-refractivity contribution in [1.82, 2.24) is 9.55 Å². The second-order valence-electron chi connectivity index (χ2n) is 5.49. The van der Waals surface area contributed by atoms with E-state index in [1.807, 2.05) is 6.92 Å². The van der Waals surface area contributed by atoms with Gasteiger partial charge in [0.25, 0.3) is 5.56 Å². The first-order chi connectivity index (χ1) is 12.8. The molecule has 142 valence electrons. The zero-order valence-electron chi connectivity index (χ0n) is 14.0. The van der Waals surface area contributed by atoms with E-state index in [1.54, 1.807) is 11.4 Å². The van der Waals surface area contributed by atoms with Crippen LogP contribution in [0.5, 0.6) is 0 Å². The number of hydrogen-bond acceptors (Lipinski definition) is 5. The van der Waals surface area contributed by atoms with E-state index >= 15 is 0 Å². The van der Waals surface area contributed by atoms with Gasteiger partial charge in [0, 0.05) is 12.2 Å². The molecule has 0 spiro atoms. The zero-order chi connectivity index (χ0) is 19.6. The van der Waals surface area contributed by atoms with Crippen molar-refractivity contribution in [3.63, 3.8) is 0 Å². The highest BCUT2D eigenvalue weighted by Gasteiger charge is 2.30. The van der Waals surface area contributed by atoms with Gasteiger partial charge in [0.1, 0.15) is 4.70 Å². The van der Waals surface area contributed by atoms with Crippen LogP contribution in [0.4, 0.5) is 18.9 Å². The van der Waals surface area contributed by atoms with Crippen LogP contribution in [0.25, 0.3) is 10.2 Å². The van der Waals surface area contributed by atoms with Gasteiger partial charge in [-0.3, -0.25) is 14.2 Å². The number of carbonyl (C=O) groups excluding carboxylic acids is 1. The first-order valence-corrected chi connectivity index (χ1v) is 9.74. The van der Waals surface area contributed by atoms with E-state index in [2.05, 4.69) is 10.3 Å². The van der Waals surface area contributed by atoms with E-state index in [0.29, 0.717) is 21.9 Å². The molecular formula is C17H14F3N3O2S2. The molecule has 3 aromatic rings. The highest BCUT2D eigenvalue weighted by Crippen LogP contribution is 2.30. The summed E-state index contributed by atoms with van der Waals surface area (Å²) in [5.41, 5.74) is -0.0821. The molecule has 0 saturated heterocycles. The minimum absolute atomic E-state index is 0.0247. The van der Waals surface area contributed by atoms with Gasteiger partial charge in [0.05, 0.1) is 16.8 Å². The number of halogens is 3. The van der Waals surface area contributed by atoms with E-state index in [-0.39, 0.29) is 17.0 Å². The van der Waals surface area contributed by atoms with E-state index in [4.69, 9.17) is 0 Å². The van der Waals surface area contributed by atoms with Gasteiger partial charge in [-0.1, -0.05) is 11.8 Å². The van der Waals surface area contributed by atoms with Crippen molar-refractivity contribution in [2.45, 2.75) is 24.8 Å². The lowest BCUT2D eigenvalue weighted by molar-refractivity contribution is -0.137. The number of aromatic nitrogens is 2. The Morgan fingerprint density at radius 3 is 2.59 bits per heavy atom. The molecule has 0 atom stereocenters. The van der Waals surface area contributed by atoms with Gasteiger partial charge in [-0.2, -0.15) is 13.2 Å². The maximum Gasteiger partial charge on any atom is 0.416 e. The number of alkyl halides is 3. The summed E-state index contributed by atoms with van der Waals surface area (Å²) in [6.45, 7) is 2.23. The molecule has 10 heteroatoms. The van der Waals surface area contributed by atoms with Crippen LogP contribution in [0, 0.1) is 0 Å². The van der Waals surface area contributed by atoms with Crippen LogP contribution in [-0.2, 0) is 17.5 Å². The molecule has 1 N–H and O–H groups in total. The Morgan fingerprint density at radius 2 is 1.96 bits per heavy atom. The average molecular weight is 413 g/mol. The minimum Gasteiger partial charge on any atom is -0.325 e. The van der Waals surface area contributed by atoms with Crippen molar-refractivity contribution in [3.8, 4) is 0 Å². The molecule has 0 fully saturated rings. The third kappa shape index (κ3) is 4.33. The highest BCUT2D eigenvalue weighted by molar-refractivity contribution is 7.99. The second kappa shape index (κ2) is 7.73. The van der Waals surface area contributed by atoms with Crippen molar-refractivity contribution < 1.29 is 18.0 Å². The molecule has 0 bridgehead atoms. The lowest BCUT2D eigenvalue weighted by Crippen LogP contribution is -2.22. The van der Waals surface area contributed by atoms with E-state index < -0.39 is 17.6 Å². The predicted molar refractivity (Wildman–Crippen MR) is 100 cm³/mol. The third-order valence-electron chi connectivity index (χ3n) is 3.68. The Labute approximate surface area is 160 Å². The molecule has 0 aliphatic carbocycles. The Balaban J connectivity index is 1.69. The van der Waals surface area contributed by atoms with Crippen molar-refractivity contribution in [3.05, 3.63) is 51.6 Å². The molecular weight excluding hydrogens is 399 g/mol. The lowest BCUT2D eigenvalue weighted by Gasteiger charge is -2.10. The first-order valence-electron chi connectivity index (χ1n) is 7.87. The number of nitrogens with one attached hydrogen (secondary N) is 1. The number of fused-ring (bicyclic) bond motifs is 1. The van der Waals surface area contributed by atoms with E-state index in [0.717, 1.165) is 23.9 Å². The summed E-state index contributed by atoms with van der Waals surface area (Å²) in [5, 5.41) is 4.74. The fourth-order valence-electron chi connectivity index (χ4n) is 2.38. The van der Waals surface area contributed by atoms with Gasteiger partial charge in [-0.05, 0) is 42.6 Å². The van der Waals surface area contributed by atoms with Crippen molar-refractivity contribution in [2.75, 3.05) is 11.1 Å². The number of hydrogen-bond donors (Lipinski definition) is 1. The summed E-state index contributed by atoms with van der Waals surface area (Å²) in [7, 11) is 0. The highest BCUT2D eigenvalue weighted by atomic mass is 32.2. The molecule has 0 saturated carbocycles. The molecule has 0 aliphatic heterocycles. The van der Waals surface area contributed by atoms with Crippen LogP contribution in [0.15, 0.2) is 45.7 Å². The maximum absolute atomic E-state index is 12.6. The van der Waals surface area contributed by atoms with Gasteiger partial charge in [-0.15, -0.1) is 11.3 Å². The monoisotopic (exact) mass is 413 g/mol. The molecule has 1 aromatic carbocycles. The zero-order valence-corrected chi connectivity index (χ0v) is 15.7. The van der Waals surface area contributed by atoms with Gasteiger partial charge in [0.2, 0.25) is 5.91 Å². The van der Waals surface area contributed by atoms with Crippen LogP contribution >= 0.6 is 23.1 Å². The molecule has 2 heterocycles. The number of carbonyl (C=O) groups is 1. The summed E-state index contributed by atoms with van der Waals surface area (Å²) < 4.78 is 39.7. The molecule has 0 radical (unpaired) electrons. The lowest BCUT2D eigenvalue weighted by atomic mass is 10.2. The molecule has 27 heavy (non-hydrogen) atoms. The fourth-order valence-corrected chi connectivity index (χ4v) is 4.02. The SMILES string of the molecule is CCn1c(SCC(=O)Nc2ccc(C(F)(F)F)cc2)nc2ccsc2c1=O.